The van der Waals surface area contributed by atoms with Gasteiger partial charge in [-0.15, -0.1) is 0 Å². The number of halogens is 2. The van der Waals surface area contributed by atoms with Gasteiger partial charge in [0.1, 0.15) is 6.61 Å². The number of ether oxygens (including phenoxy) is 3. The second-order valence-electron chi connectivity index (χ2n) is 5.87. The molecule has 1 unspecified atom stereocenters. The monoisotopic (exact) mass is 364 g/mol. The van der Waals surface area contributed by atoms with Crippen molar-refractivity contribution in [2.75, 3.05) is 6.61 Å². The van der Waals surface area contributed by atoms with E-state index in [1.807, 2.05) is 0 Å². The average molecular weight is 364 g/mol. The lowest BCUT2D eigenvalue weighted by molar-refractivity contribution is -0.163. The highest BCUT2D eigenvalue weighted by molar-refractivity contribution is 5.89. The van der Waals surface area contributed by atoms with Crippen molar-refractivity contribution >= 4 is 5.97 Å². The maximum absolute atomic E-state index is 14.5. The van der Waals surface area contributed by atoms with Gasteiger partial charge in [-0.05, 0) is 17.7 Å². The van der Waals surface area contributed by atoms with Crippen LogP contribution in [0.5, 0.6) is 0 Å². The van der Waals surface area contributed by atoms with E-state index < -0.39 is 37.0 Å². The molecular weight excluding hydrogens is 346 g/mol. The van der Waals surface area contributed by atoms with Gasteiger partial charge in [0.2, 0.25) is 0 Å². The quantitative estimate of drug-likeness (QED) is 0.799. The van der Waals surface area contributed by atoms with Gasteiger partial charge in [0.05, 0.1) is 12.2 Å². The number of carbonyl (C=O) groups is 1. The summed E-state index contributed by atoms with van der Waals surface area (Å²) in [5.74, 6) is -4.25. The topological polar surface area (TPSA) is 65.0 Å². The van der Waals surface area contributed by atoms with Gasteiger partial charge in [-0.1, -0.05) is 48.5 Å². The molecule has 0 aromatic heterocycles. The third-order valence-corrected chi connectivity index (χ3v) is 4.02. The molecule has 0 radical (unpaired) electrons. The lowest BCUT2D eigenvalue weighted by Gasteiger charge is -2.22. The normalized spacial score (nSPS) is 24.3. The molecule has 2 aromatic carbocycles. The van der Waals surface area contributed by atoms with Crippen molar-refractivity contribution in [3.05, 3.63) is 71.8 Å². The third-order valence-electron chi connectivity index (χ3n) is 4.02. The van der Waals surface area contributed by atoms with Crippen LogP contribution in [0.15, 0.2) is 60.7 Å². The Kier molecular flexibility index (Phi) is 5.61. The van der Waals surface area contributed by atoms with E-state index in [2.05, 4.69) is 0 Å². The number of alkyl halides is 2. The Bertz CT molecular complexity index is 723. The minimum atomic E-state index is -3.51. The zero-order chi connectivity index (χ0) is 18.6. The second kappa shape index (κ2) is 7.90. The van der Waals surface area contributed by atoms with Crippen molar-refractivity contribution in [1.29, 1.82) is 0 Å². The minimum Gasteiger partial charge on any atom is -0.459 e. The molecule has 1 aliphatic heterocycles. The molecule has 1 fully saturated rings. The summed E-state index contributed by atoms with van der Waals surface area (Å²) in [6.07, 6.45) is -5.44. The molecule has 1 N–H and O–H groups in total. The Morgan fingerprint density at radius 2 is 1.69 bits per heavy atom. The van der Waals surface area contributed by atoms with Gasteiger partial charge in [0.15, 0.2) is 18.5 Å². The molecule has 2 aromatic rings. The predicted octanol–water partition coefficient (Wildman–Crippen LogP) is 2.78. The van der Waals surface area contributed by atoms with E-state index >= 15 is 0 Å². The molecule has 7 heteroatoms. The highest BCUT2D eigenvalue weighted by Gasteiger charge is 2.60. The molecular formula is C19H18F2O5. The lowest BCUT2D eigenvalue weighted by Crippen LogP contribution is -2.43. The molecule has 3 atom stereocenters. The van der Waals surface area contributed by atoms with Crippen molar-refractivity contribution in [2.45, 2.75) is 31.0 Å². The first kappa shape index (κ1) is 18.4. The highest BCUT2D eigenvalue weighted by atomic mass is 19.3. The van der Waals surface area contributed by atoms with Crippen LogP contribution in [-0.2, 0) is 20.8 Å². The fraction of sp³-hybridized carbons (Fsp3) is 0.316. The molecule has 0 aliphatic carbocycles. The average Bonchev–Trinajstić information content (AvgIpc) is 2.87. The van der Waals surface area contributed by atoms with Gasteiger partial charge >= 0.3 is 11.9 Å². The Balaban J connectivity index is 1.58. The van der Waals surface area contributed by atoms with Gasteiger partial charge in [-0.25, -0.2) is 13.6 Å². The lowest BCUT2D eigenvalue weighted by atomic mass is 10.1. The fourth-order valence-electron chi connectivity index (χ4n) is 2.62. The van der Waals surface area contributed by atoms with Crippen LogP contribution in [0.4, 0.5) is 8.78 Å². The van der Waals surface area contributed by atoms with Crippen molar-refractivity contribution in [2.24, 2.45) is 0 Å². The smallest absolute Gasteiger partial charge is 0.338 e. The van der Waals surface area contributed by atoms with Crippen molar-refractivity contribution in [3.8, 4) is 0 Å². The van der Waals surface area contributed by atoms with E-state index in [4.69, 9.17) is 14.2 Å². The number of rotatable bonds is 6. The van der Waals surface area contributed by atoms with Crippen molar-refractivity contribution < 1.29 is 32.9 Å². The number of aliphatic hydroxyl groups is 1. The molecule has 1 heterocycles. The summed E-state index contributed by atoms with van der Waals surface area (Å²) in [6.45, 7) is -0.791. The van der Waals surface area contributed by atoms with Gasteiger partial charge in [0, 0.05) is 0 Å². The van der Waals surface area contributed by atoms with Gasteiger partial charge in [-0.2, -0.15) is 0 Å². The Morgan fingerprint density at radius 3 is 2.35 bits per heavy atom. The largest absolute Gasteiger partial charge is 0.459 e. The molecule has 0 bridgehead atoms. The molecule has 0 amide bonds. The second-order valence-corrected chi connectivity index (χ2v) is 5.87. The molecule has 5 nitrogen and oxygen atoms in total. The zero-order valence-corrected chi connectivity index (χ0v) is 13.8. The van der Waals surface area contributed by atoms with E-state index in [1.165, 1.54) is 12.1 Å². The summed E-state index contributed by atoms with van der Waals surface area (Å²) < 4.78 is 43.9. The van der Waals surface area contributed by atoms with Gasteiger partial charge in [0.25, 0.3) is 0 Å². The molecule has 0 saturated carbocycles. The van der Waals surface area contributed by atoms with E-state index in [1.54, 1.807) is 48.5 Å². The van der Waals surface area contributed by atoms with Gasteiger partial charge < -0.3 is 19.3 Å². The summed E-state index contributed by atoms with van der Waals surface area (Å²) in [5, 5.41) is 9.79. The van der Waals surface area contributed by atoms with Crippen LogP contribution in [0.3, 0.4) is 0 Å². The molecule has 0 spiro atoms. The molecule has 1 saturated heterocycles. The number of hydrogen-bond acceptors (Lipinski definition) is 5. The molecule has 138 valence electrons. The molecule has 26 heavy (non-hydrogen) atoms. The SMILES string of the molecule is O=C(OC[C@@H]1OC(O)[C@@H](OCc2ccccc2)C1(F)F)c1ccccc1. The summed E-state index contributed by atoms with van der Waals surface area (Å²) in [5.41, 5.74) is 0.931. The summed E-state index contributed by atoms with van der Waals surface area (Å²) in [6, 6.07) is 16.8. The Labute approximate surface area is 149 Å². The number of carbonyl (C=O) groups excluding carboxylic acids is 1. The van der Waals surface area contributed by atoms with Crippen LogP contribution < -0.4 is 0 Å². The van der Waals surface area contributed by atoms with E-state index in [9.17, 15) is 18.7 Å². The van der Waals surface area contributed by atoms with Gasteiger partial charge in [-0.3, -0.25) is 0 Å². The third kappa shape index (κ3) is 4.07. The van der Waals surface area contributed by atoms with Crippen LogP contribution in [0.1, 0.15) is 15.9 Å². The fourth-order valence-corrected chi connectivity index (χ4v) is 2.62. The molecule has 1 aliphatic rings. The van der Waals surface area contributed by atoms with Crippen LogP contribution in [0.25, 0.3) is 0 Å². The zero-order valence-electron chi connectivity index (χ0n) is 13.8. The summed E-state index contributed by atoms with van der Waals surface area (Å²) in [7, 11) is 0. The first-order valence-electron chi connectivity index (χ1n) is 8.07. The first-order valence-corrected chi connectivity index (χ1v) is 8.07. The van der Waals surface area contributed by atoms with E-state index in [-0.39, 0.29) is 12.2 Å². The summed E-state index contributed by atoms with van der Waals surface area (Å²) >= 11 is 0. The van der Waals surface area contributed by atoms with Crippen LogP contribution in [0, 0.1) is 0 Å². The Hall–Kier alpha value is -2.35. The molecule has 3 rings (SSSR count). The summed E-state index contributed by atoms with van der Waals surface area (Å²) in [4.78, 5) is 11.9. The highest BCUT2D eigenvalue weighted by Crippen LogP contribution is 2.38. The van der Waals surface area contributed by atoms with Crippen LogP contribution in [0.2, 0.25) is 0 Å². The minimum absolute atomic E-state index is 0.0992. The predicted molar refractivity (Wildman–Crippen MR) is 87.6 cm³/mol. The van der Waals surface area contributed by atoms with E-state index in [0.29, 0.717) is 5.56 Å². The van der Waals surface area contributed by atoms with Crippen molar-refractivity contribution in [3.63, 3.8) is 0 Å². The number of esters is 1. The first-order chi connectivity index (χ1) is 12.5. The van der Waals surface area contributed by atoms with Crippen molar-refractivity contribution in [1.82, 2.24) is 0 Å². The number of aliphatic hydroxyl groups excluding tert-OH is 1. The maximum atomic E-state index is 14.5. The van der Waals surface area contributed by atoms with E-state index in [0.717, 1.165) is 0 Å². The standard InChI is InChI=1S/C19H18F2O5/c20-19(21)15(12-25-17(22)14-9-5-2-6-10-14)26-18(23)16(19)24-11-13-7-3-1-4-8-13/h1-10,15-16,18,23H,11-12H2/t15-,16+,18?/m0/s1. The van der Waals surface area contributed by atoms with Crippen LogP contribution in [-0.4, -0.2) is 42.1 Å². The number of benzene rings is 2. The van der Waals surface area contributed by atoms with Crippen LogP contribution >= 0.6 is 0 Å². The Morgan fingerprint density at radius 1 is 1.08 bits per heavy atom. The number of hydrogen-bond donors (Lipinski definition) is 1. The maximum Gasteiger partial charge on any atom is 0.338 e.